The van der Waals surface area contributed by atoms with E-state index in [2.05, 4.69) is 37.9 Å². The molecule has 1 aliphatic heterocycles. The molecular formula is C21H22BrN3O2. The third-order valence-corrected chi connectivity index (χ3v) is 5.71. The first-order valence-corrected chi connectivity index (χ1v) is 9.82. The second-order valence-electron chi connectivity index (χ2n) is 6.80. The van der Waals surface area contributed by atoms with Gasteiger partial charge in [-0.05, 0) is 42.8 Å². The molecule has 27 heavy (non-hydrogen) atoms. The van der Waals surface area contributed by atoms with Crippen LogP contribution in [0.15, 0.2) is 46.9 Å². The lowest BCUT2D eigenvalue weighted by molar-refractivity contribution is 0.0741. The van der Waals surface area contributed by atoms with Crippen molar-refractivity contribution in [3.8, 4) is 5.75 Å². The Bertz CT molecular complexity index is 990. The molecule has 0 saturated carbocycles. The maximum Gasteiger partial charge on any atom is 0.270 e. The quantitative estimate of drug-likeness (QED) is 0.680. The molecule has 1 N–H and O–H groups in total. The molecule has 0 radical (unpaired) electrons. The van der Waals surface area contributed by atoms with Crippen LogP contribution < -0.4 is 9.64 Å². The third kappa shape index (κ3) is 3.41. The lowest BCUT2D eigenvalue weighted by atomic mass is 10.1. The van der Waals surface area contributed by atoms with E-state index in [0.717, 1.165) is 45.5 Å². The highest BCUT2D eigenvalue weighted by atomic mass is 79.9. The second kappa shape index (κ2) is 7.27. The molecule has 0 spiro atoms. The molecule has 1 saturated heterocycles. The zero-order valence-corrected chi connectivity index (χ0v) is 17.0. The number of hydrogen-bond acceptors (Lipinski definition) is 3. The number of nitrogens with one attached hydrogen (secondary N) is 1. The lowest BCUT2D eigenvalue weighted by Crippen LogP contribution is -2.49. The van der Waals surface area contributed by atoms with Crippen molar-refractivity contribution >= 4 is 38.4 Å². The van der Waals surface area contributed by atoms with E-state index in [4.69, 9.17) is 4.74 Å². The minimum Gasteiger partial charge on any atom is -0.497 e. The number of amides is 1. The summed E-state index contributed by atoms with van der Waals surface area (Å²) in [4.78, 5) is 20.6. The fourth-order valence-corrected chi connectivity index (χ4v) is 4.01. The molecule has 1 aliphatic rings. The van der Waals surface area contributed by atoms with Gasteiger partial charge >= 0.3 is 0 Å². The normalized spacial score (nSPS) is 14.6. The van der Waals surface area contributed by atoms with Gasteiger partial charge in [0.15, 0.2) is 0 Å². The van der Waals surface area contributed by atoms with Crippen LogP contribution in [-0.2, 0) is 0 Å². The van der Waals surface area contributed by atoms with Crippen molar-refractivity contribution in [3.05, 3.63) is 58.2 Å². The number of aromatic nitrogens is 1. The molecule has 1 aromatic heterocycles. The number of carbonyl (C=O) groups is 1. The van der Waals surface area contributed by atoms with Crippen LogP contribution in [0.3, 0.4) is 0 Å². The largest absolute Gasteiger partial charge is 0.497 e. The number of H-pyrrole nitrogens is 1. The van der Waals surface area contributed by atoms with E-state index in [1.54, 1.807) is 7.11 Å². The van der Waals surface area contributed by atoms with Gasteiger partial charge in [0, 0.05) is 53.3 Å². The van der Waals surface area contributed by atoms with Crippen molar-refractivity contribution in [2.75, 3.05) is 38.2 Å². The molecule has 3 aromatic rings. The van der Waals surface area contributed by atoms with Crippen LogP contribution in [0.4, 0.5) is 5.69 Å². The molecule has 0 unspecified atom stereocenters. The van der Waals surface area contributed by atoms with Gasteiger partial charge in [-0.2, -0.15) is 0 Å². The second-order valence-corrected chi connectivity index (χ2v) is 7.71. The number of fused-ring (bicyclic) bond motifs is 1. The molecule has 5 nitrogen and oxygen atoms in total. The molecule has 0 bridgehead atoms. The van der Waals surface area contributed by atoms with Crippen LogP contribution in [0, 0.1) is 6.92 Å². The summed E-state index contributed by atoms with van der Waals surface area (Å²) in [6.45, 7) is 5.03. The topological polar surface area (TPSA) is 48.6 Å². The Labute approximate surface area is 167 Å². The first-order valence-electron chi connectivity index (χ1n) is 9.03. The summed E-state index contributed by atoms with van der Waals surface area (Å²) in [6.07, 6.45) is 0. The number of piperazine rings is 1. The number of aryl methyl sites for hydroxylation is 1. The van der Waals surface area contributed by atoms with Crippen LogP contribution in [0.2, 0.25) is 0 Å². The molecule has 1 fully saturated rings. The van der Waals surface area contributed by atoms with Crippen molar-refractivity contribution in [2.45, 2.75) is 6.92 Å². The predicted octanol–water partition coefficient (Wildman–Crippen LogP) is 4.21. The van der Waals surface area contributed by atoms with Gasteiger partial charge in [0.05, 0.1) is 7.11 Å². The van der Waals surface area contributed by atoms with Crippen LogP contribution in [0.25, 0.3) is 10.9 Å². The molecule has 2 aromatic carbocycles. The van der Waals surface area contributed by atoms with Crippen LogP contribution in [0.1, 0.15) is 16.1 Å². The van der Waals surface area contributed by atoms with Crippen molar-refractivity contribution in [3.63, 3.8) is 0 Å². The molecular weight excluding hydrogens is 406 g/mol. The SMILES string of the molecule is COc1cccc(N2CCN(C(=O)c3[nH]c4ccc(Br)cc4c3C)CC2)c1. The number of aromatic amines is 1. The molecule has 0 atom stereocenters. The number of benzene rings is 2. The van der Waals surface area contributed by atoms with Gasteiger partial charge in [-0.1, -0.05) is 22.0 Å². The van der Waals surface area contributed by atoms with Crippen LogP contribution >= 0.6 is 15.9 Å². The van der Waals surface area contributed by atoms with Crippen LogP contribution in [0.5, 0.6) is 5.75 Å². The fraction of sp³-hybridized carbons (Fsp3) is 0.286. The zero-order chi connectivity index (χ0) is 19.0. The Morgan fingerprint density at radius 1 is 1.11 bits per heavy atom. The summed E-state index contributed by atoms with van der Waals surface area (Å²) in [5, 5.41) is 1.09. The smallest absolute Gasteiger partial charge is 0.270 e. The summed E-state index contributed by atoms with van der Waals surface area (Å²) >= 11 is 3.50. The minimum atomic E-state index is 0.0742. The summed E-state index contributed by atoms with van der Waals surface area (Å²) in [6, 6.07) is 14.1. The number of ether oxygens (including phenoxy) is 1. The van der Waals surface area contributed by atoms with Gasteiger partial charge in [-0.25, -0.2) is 0 Å². The van der Waals surface area contributed by atoms with Gasteiger partial charge in [-0.3, -0.25) is 4.79 Å². The first-order chi connectivity index (χ1) is 13.1. The Hall–Kier alpha value is -2.47. The Kier molecular flexibility index (Phi) is 4.83. The molecule has 140 valence electrons. The average molecular weight is 428 g/mol. The van der Waals surface area contributed by atoms with Gasteiger partial charge < -0.3 is 19.5 Å². The zero-order valence-electron chi connectivity index (χ0n) is 15.5. The number of nitrogens with zero attached hydrogens (tertiary/aromatic N) is 2. The molecule has 2 heterocycles. The van der Waals surface area contributed by atoms with Crippen LogP contribution in [-0.4, -0.2) is 49.1 Å². The van der Waals surface area contributed by atoms with E-state index in [-0.39, 0.29) is 5.91 Å². The third-order valence-electron chi connectivity index (χ3n) is 5.22. The first kappa shape index (κ1) is 17.9. The molecule has 1 amide bonds. The van der Waals surface area contributed by atoms with Gasteiger partial charge in [0.2, 0.25) is 0 Å². The van der Waals surface area contributed by atoms with E-state index >= 15 is 0 Å². The van der Waals surface area contributed by atoms with Gasteiger partial charge in [0.25, 0.3) is 5.91 Å². The maximum atomic E-state index is 13.1. The predicted molar refractivity (Wildman–Crippen MR) is 112 cm³/mol. The van der Waals surface area contributed by atoms with Crippen molar-refractivity contribution in [2.24, 2.45) is 0 Å². The number of halogens is 1. The number of anilines is 1. The minimum absolute atomic E-state index is 0.0742. The summed E-state index contributed by atoms with van der Waals surface area (Å²) in [5.41, 5.74) is 3.83. The van der Waals surface area contributed by atoms with Gasteiger partial charge in [0.1, 0.15) is 11.4 Å². The highest BCUT2D eigenvalue weighted by Gasteiger charge is 2.25. The molecule has 0 aliphatic carbocycles. The number of methoxy groups -OCH3 is 1. The standard InChI is InChI=1S/C21H22BrN3O2/c1-14-18-12-15(22)6-7-19(18)23-20(14)21(26)25-10-8-24(9-11-25)16-4-3-5-17(13-16)27-2/h3-7,12-13,23H,8-11H2,1-2H3. The summed E-state index contributed by atoms with van der Waals surface area (Å²) in [5.74, 6) is 0.927. The van der Waals surface area contributed by atoms with Gasteiger partial charge in [-0.15, -0.1) is 0 Å². The van der Waals surface area contributed by atoms with Crippen molar-refractivity contribution in [1.82, 2.24) is 9.88 Å². The molecule has 4 rings (SSSR count). The van der Waals surface area contributed by atoms with E-state index in [9.17, 15) is 4.79 Å². The number of rotatable bonds is 3. The average Bonchev–Trinajstić information content (AvgIpc) is 3.03. The summed E-state index contributed by atoms with van der Waals surface area (Å²) < 4.78 is 6.33. The highest BCUT2D eigenvalue weighted by molar-refractivity contribution is 9.10. The Balaban J connectivity index is 1.49. The monoisotopic (exact) mass is 427 g/mol. The van der Waals surface area contributed by atoms with E-state index in [1.165, 1.54) is 0 Å². The van der Waals surface area contributed by atoms with E-state index in [0.29, 0.717) is 18.8 Å². The van der Waals surface area contributed by atoms with Crippen molar-refractivity contribution < 1.29 is 9.53 Å². The fourth-order valence-electron chi connectivity index (χ4n) is 3.65. The lowest BCUT2D eigenvalue weighted by Gasteiger charge is -2.36. The van der Waals surface area contributed by atoms with Crippen molar-refractivity contribution in [1.29, 1.82) is 0 Å². The highest BCUT2D eigenvalue weighted by Crippen LogP contribution is 2.27. The van der Waals surface area contributed by atoms with E-state index < -0.39 is 0 Å². The van der Waals surface area contributed by atoms with E-state index in [1.807, 2.05) is 42.2 Å². The molecule has 6 heteroatoms. The maximum absolute atomic E-state index is 13.1. The number of hydrogen-bond donors (Lipinski definition) is 1. The summed E-state index contributed by atoms with van der Waals surface area (Å²) in [7, 11) is 1.68. The Morgan fingerprint density at radius 2 is 1.89 bits per heavy atom. The Morgan fingerprint density at radius 3 is 2.63 bits per heavy atom. The number of carbonyl (C=O) groups excluding carboxylic acids is 1.